The monoisotopic (exact) mass is 518 g/mol. The van der Waals surface area contributed by atoms with Gasteiger partial charge in [0.1, 0.15) is 6.67 Å². The number of carbonyl (C=O) groups excluding carboxylic acids is 1. The fourth-order valence-electron chi connectivity index (χ4n) is 3.91. The van der Waals surface area contributed by atoms with E-state index in [-0.39, 0.29) is 35.4 Å². The highest BCUT2D eigenvalue weighted by Crippen LogP contribution is 2.37. The summed E-state index contributed by atoms with van der Waals surface area (Å²) < 4.78 is 56.1. The topological polar surface area (TPSA) is 115 Å². The summed E-state index contributed by atoms with van der Waals surface area (Å²) in [6.07, 6.45) is 1.21. The van der Waals surface area contributed by atoms with Crippen molar-refractivity contribution in [2.24, 2.45) is 5.73 Å². The second kappa shape index (κ2) is 10.5. The molecule has 4 N–H and O–H groups in total. The maximum absolute atomic E-state index is 13.7. The number of halogens is 4. The molecule has 4 rings (SSSR count). The minimum atomic E-state index is -4.73. The smallest absolute Gasteiger partial charge is 0.348 e. The zero-order valence-corrected chi connectivity index (χ0v) is 20.2. The second-order valence-electron chi connectivity index (χ2n) is 8.41. The van der Waals surface area contributed by atoms with Gasteiger partial charge in [0.05, 0.1) is 24.0 Å². The van der Waals surface area contributed by atoms with Crippen molar-refractivity contribution >= 4 is 23.1 Å². The van der Waals surface area contributed by atoms with Crippen molar-refractivity contribution in [2.75, 3.05) is 18.5 Å². The Morgan fingerprint density at radius 2 is 2.03 bits per heavy atom. The van der Waals surface area contributed by atoms with Crippen molar-refractivity contribution in [2.45, 2.75) is 39.0 Å². The van der Waals surface area contributed by atoms with Crippen LogP contribution >= 0.6 is 0 Å². The number of amides is 1. The van der Waals surface area contributed by atoms with Gasteiger partial charge in [0.25, 0.3) is 5.91 Å². The lowest BCUT2D eigenvalue weighted by atomic mass is 10.0. The van der Waals surface area contributed by atoms with Crippen LogP contribution in [0.5, 0.6) is 0 Å². The molecule has 1 aromatic carbocycles. The van der Waals surface area contributed by atoms with Crippen LogP contribution in [0.15, 0.2) is 43.0 Å². The molecule has 9 nitrogen and oxygen atoms in total. The van der Waals surface area contributed by atoms with E-state index in [9.17, 15) is 22.4 Å². The highest BCUT2D eigenvalue weighted by atomic mass is 19.4. The van der Waals surface area contributed by atoms with Gasteiger partial charge in [0, 0.05) is 42.4 Å². The van der Waals surface area contributed by atoms with E-state index in [1.54, 1.807) is 18.2 Å². The van der Waals surface area contributed by atoms with E-state index in [4.69, 9.17) is 5.73 Å². The number of hydrogen-bond acceptors (Lipinski definition) is 6. The van der Waals surface area contributed by atoms with E-state index in [2.05, 4.69) is 25.7 Å². The molecule has 13 heteroatoms. The normalized spacial score (nSPS) is 12.6. The Labute approximate surface area is 209 Å². The number of nitrogens with two attached hydrogens (primary N) is 1. The van der Waals surface area contributed by atoms with Crippen LogP contribution < -0.4 is 16.4 Å². The molecule has 37 heavy (non-hydrogen) atoms. The highest BCUT2D eigenvalue weighted by molar-refractivity contribution is 5.96. The molecule has 0 radical (unpaired) electrons. The third kappa shape index (κ3) is 5.40. The van der Waals surface area contributed by atoms with Gasteiger partial charge in [-0.15, -0.1) is 0 Å². The number of hydrogen-bond donors (Lipinski definition) is 3. The van der Waals surface area contributed by atoms with Crippen molar-refractivity contribution in [1.29, 1.82) is 0 Å². The third-order valence-electron chi connectivity index (χ3n) is 5.77. The third-order valence-corrected chi connectivity index (χ3v) is 5.77. The van der Waals surface area contributed by atoms with Gasteiger partial charge in [-0.05, 0) is 37.1 Å². The molecule has 0 aliphatic heterocycles. The minimum absolute atomic E-state index is 0.133. The van der Waals surface area contributed by atoms with Crippen LogP contribution in [0.1, 0.15) is 35.5 Å². The average molecular weight is 519 g/mol. The van der Waals surface area contributed by atoms with Crippen LogP contribution in [-0.4, -0.2) is 49.3 Å². The number of imidazole rings is 1. The number of alkyl halides is 4. The summed E-state index contributed by atoms with van der Waals surface area (Å²) in [5.41, 5.74) is 6.59. The number of nitrogens with one attached hydrogen (secondary N) is 2. The molecule has 1 atom stereocenters. The summed E-state index contributed by atoms with van der Waals surface area (Å²) >= 11 is 0. The Kier molecular flexibility index (Phi) is 7.43. The lowest BCUT2D eigenvalue weighted by Crippen LogP contribution is -2.38. The summed E-state index contributed by atoms with van der Waals surface area (Å²) in [5, 5.41) is 9.50. The zero-order chi connectivity index (χ0) is 26.7. The van der Waals surface area contributed by atoms with Crippen molar-refractivity contribution in [1.82, 2.24) is 29.5 Å². The van der Waals surface area contributed by atoms with Crippen LogP contribution in [0.3, 0.4) is 0 Å². The molecule has 1 amide bonds. The summed E-state index contributed by atoms with van der Waals surface area (Å²) in [7, 11) is 0. The summed E-state index contributed by atoms with van der Waals surface area (Å²) in [6, 6.07) is 5.03. The number of aromatic nitrogens is 5. The largest absolute Gasteiger partial charge is 0.435 e. The van der Waals surface area contributed by atoms with E-state index in [0.29, 0.717) is 30.0 Å². The molecule has 4 aromatic rings. The Hall–Kier alpha value is -4.00. The summed E-state index contributed by atoms with van der Waals surface area (Å²) in [6.45, 7) is 2.90. The lowest BCUT2D eigenvalue weighted by Gasteiger charge is -2.15. The molecule has 0 spiro atoms. The first-order valence-corrected chi connectivity index (χ1v) is 11.6. The Bertz CT molecular complexity index is 1410. The van der Waals surface area contributed by atoms with Gasteiger partial charge >= 0.3 is 6.18 Å². The molecule has 196 valence electrons. The van der Waals surface area contributed by atoms with Gasteiger partial charge < -0.3 is 16.4 Å². The van der Waals surface area contributed by atoms with E-state index < -0.39 is 18.5 Å². The lowest BCUT2D eigenvalue weighted by molar-refractivity contribution is -0.141. The van der Waals surface area contributed by atoms with E-state index in [1.165, 1.54) is 23.0 Å². The molecule has 0 aliphatic rings. The first-order valence-electron chi connectivity index (χ1n) is 11.6. The Morgan fingerprint density at radius 3 is 2.70 bits per heavy atom. The quantitative estimate of drug-likeness (QED) is 0.289. The maximum atomic E-state index is 13.7. The second-order valence-corrected chi connectivity index (χ2v) is 8.41. The maximum Gasteiger partial charge on any atom is 0.435 e. The minimum Gasteiger partial charge on any atom is -0.348 e. The molecule has 1 unspecified atom stereocenters. The standard InChI is InChI=1S/C24H26F4N8O/c1-3-15-10-16(4-5-17(15)23(37)32-14(2)11-29)33-21-22-31-12-19(36(22)9-7-30-21)18-13-35(8-6-25)34-20(18)24(26,27)28/h4-5,7,9-10,12-14H,3,6,8,11,29H2,1-2H3,(H,30,33)(H,32,37). The Morgan fingerprint density at radius 1 is 1.24 bits per heavy atom. The number of aryl methyl sites for hydroxylation is 2. The van der Waals surface area contributed by atoms with Gasteiger partial charge in [-0.2, -0.15) is 18.3 Å². The van der Waals surface area contributed by atoms with Crippen LogP contribution in [0.4, 0.5) is 29.1 Å². The molecule has 0 saturated heterocycles. The predicted octanol–water partition coefficient (Wildman–Crippen LogP) is 3.96. The van der Waals surface area contributed by atoms with Crippen LogP contribution in [0.2, 0.25) is 0 Å². The number of benzene rings is 1. The van der Waals surface area contributed by atoms with Gasteiger partial charge in [0.2, 0.25) is 0 Å². The molecule has 0 saturated carbocycles. The summed E-state index contributed by atoms with van der Waals surface area (Å²) in [4.78, 5) is 21.2. The average Bonchev–Trinajstić information content (AvgIpc) is 3.49. The van der Waals surface area contributed by atoms with Crippen molar-refractivity contribution in [3.63, 3.8) is 0 Å². The molecule has 0 bridgehead atoms. The fourth-order valence-corrected chi connectivity index (χ4v) is 3.91. The predicted molar refractivity (Wildman–Crippen MR) is 130 cm³/mol. The molecule has 3 aromatic heterocycles. The van der Waals surface area contributed by atoms with Gasteiger partial charge in [-0.1, -0.05) is 6.92 Å². The number of anilines is 2. The SMILES string of the molecule is CCc1cc(Nc2nccn3c(-c4cn(CCF)nc4C(F)(F)F)cnc23)ccc1C(=O)NC(C)CN. The molecule has 0 aliphatic carbocycles. The van der Waals surface area contributed by atoms with Crippen molar-refractivity contribution in [3.05, 3.63) is 59.8 Å². The van der Waals surface area contributed by atoms with Gasteiger partial charge in [-0.3, -0.25) is 13.9 Å². The fraction of sp³-hybridized carbons (Fsp3) is 0.333. The van der Waals surface area contributed by atoms with Crippen LogP contribution in [-0.2, 0) is 19.1 Å². The molecule has 3 heterocycles. The van der Waals surface area contributed by atoms with Crippen molar-refractivity contribution < 1.29 is 22.4 Å². The molecule has 0 fully saturated rings. The number of fused-ring (bicyclic) bond motifs is 1. The van der Waals surface area contributed by atoms with Gasteiger partial charge in [-0.25, -0.2) is 14.4 Å². The number of nitrogens with zero attached hydrogens (tertiary/aromatic N) is 5. The van der Waals surface area contributed by atoms with E-state index >= 15 is 0 Å². The number of rotatable bonds is 9. The highest BCUT2D eigenvalue weighted by Gasteiger charge is 2.38. The van der Waals surface area contributed by atoms with Crippen LogP contribution in [0.25, 0.3) is 16.9 Å². The molecular weight excluding hydrogens is 492 g/mol. The summed E-state index contributed by atoms with van der Waals surface area (Å²) in [5.74, 6) is 0.0720. The van der Waals surface area contributed by atoms with Gasteiger partial charge in [0.15, 0.2) is 17.2 Å². The molecular formula is C24H26F4N8O. The first kappa shape index (κ1) is 26.1. The van der Waals surface area contributed by atoms with Crippen LogP contribution in [0, 0.1) is 0 Å². The van der Waals surface area contributed by atoms with E-state index in [1.807, 2.05) is 13.8 Å². The van der Waals surface area contributed by atoms with Crippen molar-refractivity contribution in [3.8, 4) is 11.3 Å². The Balaban J connectivity index is 1.69. The number of carbonyl (C=O) groups is 1. The zero-order valence-electron chi connectivity index (χ0n) is 20.2. The van der Waals surface area contributed by atoms with E-state index in [0.717, 1.165) is 16.4 Å². The first-order chi connectivity index (χ1) is 17.7.